The number of aromatic hydroxyl groups is 1. The summed E-state index contributed by atoms with van der Waals surface area (Å²) in [6.07, 6.45) is 0. The lowest BCUT2D eigenvalue weighted by atomic mass is 10.2. The van der Waals surface area contributed by atoms with Crippen molar-refractivity contribution in [3.05, 3.63) is 69.0 Å². The van der Waals surface area contributed by atoms with Gasteiger partial charge in [-0.05, 0) is 49.4 Å². The highest BCUT2D eigenvalue weighted by atomic mass is 35.5. The molecule has 0 bridgehead atoms. The molecule has 166 valence electrons. The summed E-state index contributed by atoms with van der Waals surface area (Å²) < 4.78 is 10.1. The number of benzene rings is 2. The normalized spacial score (nSPS) is 10.5. The minimum Gasteiger partial charge on any atom is -0.508 e. The quantitative estimate of drug-likeness (QED) is 0.427. The number of anilines is 1. The van der Waals surface area contributed by atoms with Gasteiger partial charge < -0.3 is 19.9 Å². The van der Waals surface area contributed by atoms with Crippen LogP contribution in [-0.2, 0) is 14.3 Å². The first-order valence-electron chi connectivity index (χ1n) is 9.31. The first kappa shape index (κ1) is 23.6. The second-order valence-electron chi connectivity index (χ2n) is 6.37. The van der Waals surface area contributed by atoms with Crippen molar-refractivity contribution in [2.24, 2.45) is 0 Å². The van der Waals surface area contributed by atoms with Crippen LogP contribution in [0.25, 0.3) is 10.4 Å². The van der Waals surface area contributed by atoms with E-state index in [2.05, 4.69) is 5.32 Å². The fraction of sp³-hybridized carbons (Fsp3) is 0.136. The maximum absolute atomic E-state index is 12.4. The molecule has 0 atom stereocenters. The zero-order valence-corrected chi connectivity index (χ0v) is 19.0. The zero-order chi connectivity index (χ0) is 23.3. The highest BCUT2D eigenvalue weighted by Crippen LogP contribution is 2.39. The van der Waals surface area contributed by atoms with Gasteiger partial charge in [0.15, 0.2) is 6.61 Å². The Labute approximate surface area is 197 Å². The molecule has 32 heavy (non-hydrogen) atoms. The third-order valence-electron chi connectivity index (χ3n) is 4.10. The molecular formula is C22H17Cl2NO6S. The summed E-state index contributed by atoms with van der Waals surface area (Å²) in [4.78, 5) is 37.6. The Hall–Kier alpha value is -3.07. The molecule has 0 aliphatic rings. The average molecular weight is 494 g/mol. The third kappa shape index (κ3) is 5.79. The standard InChI is InChI=1S/C22H17Cl2NO6S/c1-2-30-22(29)20-17(10-18(32-20)15-8-5-13(23)9-16(15)24)25-19(27)11-31-21(28)12-3-6-14(26)7-4-12/h3-10,26H,2,11H2,1H3,(H,25,27). The summed E-state index contributed by atoms with van der Waals surface area (Å²) >= 11 is 13.3. The molecular weight excluding hydrogens is 477 g/mol. The van der Waals surface area contributed by atoms with Crippen molar-refractivity contribution in [1.82, 2.24) is 0 Å². The van der Waals surface area contributed by atoms with E-state index in [1.165, 1.54) is 24.3 Å². The van der Waals surface area contributed by atoms with Crippen LogP contribution in [0.2, 0.25) is 10.0 Å². The van der Waals surface area contributed by atoms with Gasteiger partial charge >= 0.3 is 11.9 Å². The molecule has 7 nitrogen and oxygen atoms in total. The number of phenolic OH excluding ortho intramolecular Hbond substituents is 1. The molecule has 1 aromatic heterocycles. The van der Waals surface area contributed by atoms with Crippen LogP contribution in [0, 0.1) is 0 Å². The van der Waals surface area contributed by atoms with Gasteiger partial charge in [0.2, 0.25) is 0 Å². The van der Waals surface area contributed by atoms with Gasteiger partial charge in [0, 0.05) is 15.5 Å². The van der Waals surface area contributed by atoms with Crippen molar-refractivity contribution >= 4 is 58.1 Å². The predicted octanol–water partition coefficient (Wildman–Crippen LogP) is 5.40. The Morgan fingerprint density at radius 3 is 2.38 bits per heavy atom. The molecule has 0 saturated carbocycles. The van der Waals surface area contributed by atoms with Gasteiger partial charge in [0.1, 0.15) is 10.6 Å². The summed E-state index contributed by atoms with van der Waals surface area (Å²) in [7, 11) is 0. The Kier molecular flexibility index (Phi) is 7.74. The number of thiophene rings is 1. The summed E-state index contributed by atoms with van der Waals surface area (Å²) in [5.74, 6) is -1.98. The molecule has 0 fully saturated rings. The number of carbonyl (C=O) groups is 3. The molecule has 2 N–H and O–H groups in total. The highest BCUT2D eigenvalue weighted by molar-refractivity contribution is 7.18. The van der Waals surface area contributed by atoms with E-state index < -0.39 is 24.5 Å². The maximum atomic E-state index is 12.4. The lowest BCUT2D eigenvalue weighted by molar-refractivity contribution is -0.119. The van der Waals surface area contributed by atoms with Crippen molar-refractivity contribution in [1.29, 1.82) is 0 Å². The number of phenols is 1. The van der Waals surface area contributed by atoms with E-state index >= 15 is 0 Å². The monoisotopic (exact) mass is 493 g/mol. The minimum atomic E-state index is -0.732. The van der Waals surface area contributed by atoms with Gasteiger partial charge in [-0.25, -0.2) is 9.59 Å². The first-order chi connectivity index (χ1) is 15.3. The van der Waals surface area contributed by atoms with Crippen LogP contribution in [0.4, 0.5) is 5.69 Å². The lowest BCUT2D eigenvalue weighted by Gasteiger charge is -2.07. The van der Waals surface area contributed by atoms with Gasteiger partial charge in [-0.3, -0.25) is 4.79 Å². The number of nitrogens with one attached hydrogen (secondary N) is 1. The number of ether oxygens (including phenoxy) is 2. The number of halogens is 2. The van der Waals surface area contributed by atoms with Crippen LogP contribution in [0.1, 0.15) is 27.0 Å². The number of hydrogen-bond donors (Lipinski definition) is 2. The Bertz CT molecular complexity index is 1160. The molecule has 0 unspecified atom stereocenters. The molecule has 3 rings (SSSR count). The molecule has 0 aliphatic heterocycles. The summed E-state index contributed by atoms with van der Waals surface area (Å²) in [6, 6.07) is 11.9. The molecule has 0 spiro atoms. The molecule has 0 aliphatic carbocycles. The Morgan fingerprint density at radius 2 is 1.72 bits per heavy atom. The minimum absolute atomic E-state index is 0.000148. The lowest BCUT2D eigenvalue weighted by Crippen LogP contribution is -2.21. The van der Waals surface area contributed by atoms with E-state index in [1.807, 2.05) is 0 Å². The molecule has 1 amide bonds. The van der Waals surface area contributed by atoms with Crippen molar-refractivity contribution in [3.8, 4) is 16.2 Å². The van der Waals surface area contributed by atoms with Crippen LogP contribution in [-0.4, -0.2) is 36.2 Å². The zero-order valence-electron chi connectivity index (χ0n) is 16.7. The van der Waals surface area contributed by atoms with E-state index in [4.69, 9.17) is 32.7 Å². The van der Waals surface area contributed by atoms with Gasteiger partial charge in [-0.2, -0.15) is 0 Å². The summed E-state index contributed by atoms with van der Waals surface area (Å²) in [6.45, 7) is 1.25. The van der Waals surface area contributed by atoms with Gasteiger partial charge in [0.25, 0.3) is 5.91 Å². The first-order valence-corrected chi connectivity index (χ1v) is 10.9. The molecule has 10 heteroatoms. The third-order valence-corrected chi connectivity index (χ3v) is 5.80. The van der Waals surface area contributed by atoms with Crippen LogP contribution in [0.3, 0.4) is 0 Å². The number of amides is 1. The van der Waals surface area contributed by atoms with E-state index in [1.54, 1.807) is 31.2 Å². The number of carbonyl (C=O) groups excluding carboxylic acids is 3. The molecule has 0 saturated heterocycles. The fourth-order valence-electron chi connectivity index (χ4n) is 2.65. The van der Waals surface area contributed by atoms with Crippen LogP contribution >= 0.6 is 34.5 Å². The highest BCUT2D eigenvalue weighted by Gasteiger charge is 2.21. The van der Waals surface area contributed by atoms with Crippen molar-refractivity contribution in [2.75, 3.05) is 18.5 Å². The maximum Gasteiger partial charge on any atom is 0.350 e. The predicted molar refractivity (Wildman–Crippen MR) is 123 cm³/mol. The average Bonchev–Trinajstić information content (AvgIpc) is 3.16. The SMILES string of the molecule is CCOC(=O)c1sc(-c2ccc(Cl)cc2Cl)cc1NC(=O)COC(=O)c1ccc(O)cc1. The fourth-order valence-corrected chi connectivity index (χ4v) is 4.27. The second-order valence-corrected chi connectivity index (χ2v) is 8.27. The Morgan fingerprint density at radius 1 is 1.00 bits per heavy atom. The van der Waals surface area contributed by atoms with E-state index in [0.717, 1.165) is 11.3 Å². The molecule has 2 aromatic carbocycles. The summed E-state index contributed by atoms with van der Waals surface area (Å²) in [5.41, 5.74) is 1.02. The number of hydrogen-bond acceptors (Lipinski definition) is 7. The van der Waals surface area contributed by atoms with Gasteiger partial charge in [-0.1, -0.05) is 29.3 Å². The number of rotatable bonds is 7. The molecule has 1 heterocycles. The number of esters is 2. The van der Waals surface area contributed by atoms with Crippen molar-refractivity contribution in [3.63, 3.8) is 0 Å². The van der Waals surface area contributed by atoms with E-state index in [0.29, 0.717) is 20.5 Å². The van der Waals surface area contributed by atoms with Gasteiger partial charge in [0.05, 0.1) is 22.9 Å². The largest absolute Gasteiger partial charge is 0.508 e. The van der Waals surface area contributed by atoms with Crippen molar-refractivity contribution < 1.29 is 29.0 Å². The van der Waals surface area contributed by atoms with Crippen molar-refractivity contribution in [2.45, 2.75) is 6.92 Å². The van der Waals surface area contributed by atoms with E-state index in [9.17, 15) is 19.5 Å². The molecule has 0 radical (unpaired) electrons. The van der Waals surface area contributed by atoms with Crippen LogP contribution < -0.4 is 5.32 Å². The van der Waals surface area contributed by atoms with Gasteiger partial charge in [-0.15, -0.1) is 11.3 Å². The summed E-state index contributed by atoms with van der Waals surface area (Å²) in [5, 5.41) is 12.7. The van der Waals surface area contributed by atoms with E-state index in [-0.39, 0.29) is 28.5 Å². The smallest absolute Gasteiger partial charge is 0.350 e. The van der Waals surface area contributed by atoms with Crippen LogP contribution in [0.15, 0.2) is 48.5 Å². The topological polar surface area (TPSA) is 102 Å². The molecule has 3 aromatic rings. The van der Waals surface area contributed by atoms with Crippen LogP contribution in [0.5, 0.6) is 5.75 Å². The Balaban J connectivity index is 1.77. The second kappa shape index (κ2) is 10.5.